The Kier molecular flexibility index (Phi) is 6.60. The van der Waals surface area contributed by atoms with Crippen LogP contribution in [0.4, 0.5) is 10.1 Å². The molecule has 0 radical (unpaired) electrons. The van der Waals surface area contributed by atoms with Gasteiger partial charge in [-0.25, -0.2) is 12.8 Å². The van der Waals surface area contributed by atoms with Crippen molar-refractivity contribution in [2.24, 2.45) is 11.8 Å². The highest BCUT2D eigenvalue weighted by molar-refractivity contribution is 7.91. The summed E-state index contributed by atoms with van der Waals surface area (Å²) in [5, 5.41) is 0.0951. The zero-order chi connectivity index (χ0) is 24.8. The number of nitrogens with zero attached hydrogens (tertiary/aromatic N) is 2. The van der Waals surface area contributed by atoms with E-state index in [2.05, 4.69) is 13.8 Å². The minimum Gasteiger partial charge on any atom is -0.369 e. The van der Waals surface area contributed by atoms with E-state index < -0.39 is 21.1 Å². The maximum absolute atomic E-state index is 15.4. The summed E-state index contributed by atoms with van der Waals surface area (Å²) in [5.41, 5.74) is 2.17. The van der Waals surface area contributed by atoms with Crippen molar-refractivity contribution >= 4 is 26.4 Å². The Hall–Kier alpha value is -2.67. The van der Waals surface area contributed by atoms with Gasteiger partial charge < -0.3 is 9.47 Å². The van der Waals surface area contributed by atoms with Crippen LogP contribution < -0.4 is 10.3 Å². The highest BCUT2D eigenvalue weighted by Gasteiger charge is 2.27. The zero-order valence-electron chi connectivity index (χ0n) is 20.6. The molecule has 0 saturated carbocycles. The quantitative estimate of drug-likeness (QED) is 0.481. The van der Waals surface area contributed by atoms with E-state index in [9.17, 15) is 13.2 Å². The fourth-order valence-electron chi connectivity index (χ4n) is 5.10. The summed E-state index contributed by atoms with van der Waals surface area (Å²) < 4.78 is 44.1. The monoisotopic (exact) mass is 484 g/mol. The Morgan fingerprint density at radius 2 is 1.71 bits per heavy atom. The summed E-state index contributed by atoms with van der Waals surface area (Å²) in [4.78, 5) is 15.2. The van der Waals surface area contributed by atoms with Crippen LogP contribution in [0.2, 0.25) is 0 Å². The van der Waals surface area contributed by atoms with Crippen LogP contribution in [0.3, 0.4) is 0 Å². The second-order valence-electron chi connectivity index (χ2n) is 9.94. The first kappa shape index (κ1) is 24.5. The number of benzene rings is 2. The van der Waals surface area contributed by atoms with Gasteiger partial charge in [-0.15, -0.1) is 0 Å². The van der Waals surface area contributed by atoms with Crippen molar-refractivity contribution in [3.8, 4) is 0 Å². The number of piperidine rings is 1. The smallest absolute Gasteiger partial charge is 0.211 e. The number of hydrogen-bond acceptors (Lipinski definition) is 4. The number of aryl methyl sites for hydroxylation is 3. The highest BCUT2D eigenvalue weighted by atomic mass is 32.2. The largest absolute Gasteiger partial charge is 0.369 e. The lowest BCUT2D eigenvalue weighted by Gasteiger charge is -2.37. The van der Waals surface area contributed by atoms with E-state index in [1.54, 1.807) is 22.8 Å². The van der Waals surface area contributed by atoms with Gasteiger partial charge in [0.25, 0.3) is 0 Å². The van der Waals surface area contributed by atoms with Gasteiger partial charge >= 0.3 is 0 Å². The van der Waals surface area contributed by atoms with E-state index >= 15 is 4.39 Å². The predicted molar refractivity (Wildman–Crippen MR) is 135 cm³/mol. The molecule has 34 heavy (non-hydrogen) atoms. The lowest BCUT2D eigenvalue weighted by molar-refractivity contribution is 0.354. The van der Waals surface area contributed by atoms with Crippen molar-refractivity contribution in [3.05, 3.63) is 63.7 Å². The Balaban J connectivity index is 1.92. The van der Waals surface area contributed by atoms with Crippen LogP contribution in [-0.4, -0.2) is 26.1 Å². The third-order valence-electron chi connectivity index (χ3n) is 6.87. The molecule has 0 aliphatic carbocycles. The molecule has 0 spiro atoms. The summed E-state index contributed by atoms with van der Waals surface area (Å²) in [5.74, 6) is 0.402. The van der Waals surface area contributed by atoms with Crippen molar-refractivity contribution in [1.82, 2.24) is 4.57 Å². The van der Waals surface area contributed by atoms with Gasteiger partial charge in [-0.1, -0.05) is 26.8 Å². The summed E-state index contributed by atoms with van der Waals surface area (Å²) >= 11 is 0. The van der Waals surface area contributed by atoms with E-state index in [4.69, 9.17) is 0 Å². The van der Waals surface area contributed by atoms with Crippen LogP contribution in [0.5, 0.6) is 0 Å². The average Bonchev–Trinajstić information content (AvgIpc) is 2.76. The normalized spacial score (nSPS) is 19.1. The number of rotatable bonds is 5. The van der Waals surface area contributed by atoms with Gasteiger partial charge in [0.2, 0.25) is 15.3 Å². The number of fused-ring (bicyclic) bond motifs is 1. The van der Waals surface area contributed by atoms with Crippen LogP contribution in [0, 0.1) is 31.5 Å². The molecule has 0 N–H and O–H groups in total. The number of aromatic nitrogens is 1. The molecule has 182 valence electrons. The standard InChI is InChI=1S/C27H33FN2O3S/c1-6-9-29-16-26(34(32,33)21-8-7-19(4)20(5)11-21)27(31)22-12-23(28)25(13-24(22)29)30-14-17(2)10-18(3)15-30/h7-8,11-13,16-18H,6,9-10,14-15H2,1-5H3/t17-,18+. The first-order valence-electron chi connectivity index (χ1n) is 12.0. The Bertz CT molecular complexity index is 1400. The number of anilines is 1. The molecule has 1 saturated heterocycles. The number of hydrogen-bond donors (Lipinski definition) is 0. The molecule has 2 heterocycles. The molecule has 0 unspecified atom stereocenters. The van der Waals surface area contributed by atoms with Gasteiger partial charge in [-0.2, -0.15) is 0 Å². The first-order chi connectivity index (χ1) is 16.0. The van der Waals surface area contributed by atoms with Gasteiger partial charge in [0, 0.05) is 25.8 Å². The lowest BCUT2D eigenvalue weighted by atomic mass is 9.91. The molecular weight excluding hydrogens is 451 g/mol. The predicted octanol–water partition coefficient (Wildman–Crippen LogP) is 5.48. The van der Waals surface area contributed by atoms with Gasteiger partial charge in [-0.05, 0) is 73.9 Å². The van der Waals surface area contributed by atoms with E-state index in [-0.39, 0.29) is 15.2 Å². The minimum atomic E-state index is -4.07. The molecule has 2 aromatic carbocycles. The molecule has 3 aromatic rings. The van der Waals surface area contributed by atoms with Crippen LogP contribution in [0.15, 0.2) is 51.1 Å². The second kappa shape index (κ2) is 9.17. The molecule has 0 amide bonds. The van der Waals surface area contributed by atoms with E-state index in [1.165, 1.54) is 18.3 Å². The topological polar surface area (TPSA) is 59.4 Å². The fourth-order valence-corrected chi connectivity index (χ4v) is 6.55. The summed E-state index contributed by atoms with van der Waals surface area (Å²) in [6, 6.07) is 7.79. The first-order valence-corrected chi connectivity index (χ1v) is 13.4. The molecule has 7 heteroatoms. The number of halogens is 1. The summed E-state index contributed by atoms with van der Waals surface area (Å²) in [7, 11) is -4.07. The van der Waals surface area contributed by atoms with Crippen molar-refractivity contribution in [2.75, 3.05) is 18.0 Å². The molecule has 1 aromatic heterocycles. The second-order valence-corrected chi connectivity index (χ2v) is 11.9. The molecule has 1 fully saturated rings. The Morgan fingerprint density at radius 3 is 2.32 bits per heavy atom. The number of sulfone groups is 1. The van der Waals surface area contributed by atoms with Crippen molar-refractivity contribution in [2.45, 2.75) is 63.8 Å². The molecule has 0 bridgehead atoms. The summed E-state index contributed by atoms with van der Waals surface area (Å²) in [6.45, 7) is 12.1. The van der Waals surface area contributed by atoms with E-state index in [1.807, 2.05) is 25.7 Å². The van der Waals surface area contributed by atoms with Gasteiger partial charge in [0.1, 0.15) is 10.7 Å². The third kappa shape index (κ3) is 4.38. The summed E-state index contributed by atoms with van der Waals surface area (Å²) in [6.07, 6.45) is 3.28. The minimum absolute atomic E-state index is 0.0727. The van der Waals surface area contributed by atoms with Crippen LogP contribution in [0.25, 0.3) is 10.9 Å². The van der Waals surface area contributed by atoms with Gasteiger partial charge in [0.05, 0.1) is 21.5 Å². The Morgan fingerprint density at radius 1 is 1.03 bits per heavy atom. The fraction of sp³-hybridized carbons (Fsp3) is 0.444. The number of pyridine rings is 1. The zero-order valence-corrected chi connectivity index (χ0v) is 21.4. The SMILES string of the molecule is CCCn1cc(S(=O)(=O)c2ccc(C)c(C)c2)c(=O)c2cc(F)c(N3C[C@H](C)C[C@H](C)C3)cc21. The molecular formula is C27H33FN2O3S. The maximum atomic E-state index is 15.4. The van der Waals surface area contributed by atoms with Gasteiger partial charge in [0.15, 0.2) is 0 Å². The highest BCUT2D eigenvalue weighted by Crippen LogP contribution is 2.32. The van der Waals surface area contributed by atoms with E-state index in [0.717, 1.165) is 37.1 Å². The lowest BCUT2D eigenvalue weighted by Crippen LogP contribution is -2.39. The van der Waals surface area contributed by atoms with E-state index in [0.29, 0.717) is 29.6 Å². The average molecular weight is 485 g/mol. The van der Waals surface area contributed by atoms with Crippen LogP contribution >= 0.6 is 0 Å². The van der Waals surface area contributed by atoms with Crippen LogP contribution in [0.1, 0.15) is 44.7 Å². The van der Waals surface area contributed by atoms with Crippen molar-refractivity contribution in [3.63, 3.8) is 0 Å². The molecule has 4 rings (SSSR count). The van der Waals surface area contributed by atoms with Crippen molar-refractivity contribution in [1.29, 1.82) is 0 Å². The third-order valence-corrected chi connectivity index (χ3v) is 8.61. The molecule has 1 aliphatic rings. The maximum Gasteiger partial charge on any atom is 0.211 e. The van der Waals surface area contributed by atoms with Crippen molar-refractivity contribution < 1.29 is 12.8 Å². The molecule has 5 nitrogen and oxygen atoms in total. The molecule has 2 atom stereocenters. The van der Waals surface area contributed by atoms with Crippen LogP contribution in [-0.2, 0) is 16.4 Å². The molecule has 1 aliphatic heterocycles. The van der Waals surface area contributed by atoms with Gasteiger partial charge in [-0.3, -0.25) is 4.79 Å². The Labute approximate surface area is 201 Å².